The first-order valence-electron chi connectivity index (χ1n) is 5.32. The van der Waals surface area contributed by atoms with Gasteiger partial charge in [-0.15, -0.1) is 0 Å². The molecule has 0 fully saturated rings. The first kappa shape index (κ1) is 14.2. The summed E-state index contributed by atoms with van der Waals surface area (Å²) < 4.78 is 4.41. The van der Waals surface area contributed by atoms with Gasteiger partial charge in [0.2, 0.25) is 0 Å². The molecule has 0 spiro atoms. The number of anilines is 2. The highest BCUT2D eigenvalue weighted by Gasteiger charge is 2.24. The fourth-order valence-electron chi connectivity index (χ4n) is 1.53. The van der Waals surface area contributed by atoms with Crippen LogP contribution < -0.4 is 11.5 Å². The minimum Gasteiger partial charge on any atom is -0.469 e. The van der Waals surface area contributed by atoms with Gasteiger partial charge < -0.3 is 26.4 Å². The molecule has 0 saturated carbocycles. The lowest BCUT2D eigenvalue weighted by molar-refractivity contribution is -0.144. The third-order valence-corrected chi connectivity index (χ3v) is 2.60. The molecule has 6 N–H and O–H groups in total. The third-order valence-electron chi connectivity index (χ3n) is 2.60. The number of nitrogens with zero attached hydrogens (tertiary/aromatic N) is 1. The van der Waals surface area contributed by atoms with Crippen LogP contribution in [-0.2, 0) is 9.53 Å². The van der Waals surface area contributed by atoms with Gasteiger partial charge in [-0.3, -0.25) is 4.79 Å². The highest BCUT2D eigenvalue weighted by molar-refractivity contribution is 5.70. The number of nitrogen functional groups attached to an aromatic ring is 2. The molecule has 7 nitrogen and oxygen atoms in total. The van der Waals surface area contributed by atoms with Crippen LogP contribution in [-0.4, -0.2) is 34.4 Å². The maximum absolute atomic E-state index is 11.0. The molecule has 100 valence electrons. The molecular formula is C11H17N3O4. The SMILES string of the molecule is COC(=O)CC(O)C(O)c1cc(N)c(N)nc1C. The van der Waals surface area contributed by atoms with Crippen LogP contribution in [0.15, 0.2) is 6.07 Å². The van der Waals surface area contributed by atoms with Gasteiger partial charge in [-0.25, -0.2) is 4.98 Å². The summed E-state index contributed by atoms with van der Waals surface area (Å²) >= 11 is 0. The number of pyridine rings is 1. The maximum atomic E-state index is 11.0. The summed E-state index contributed by atoms with van der Waals surface area (Å²) in [4.78, 5) is 15.0. The fourth-order valence-corrected chi connectivity index (χ4v) is 1.53. The van der Waals surface area contributed by atoms with Crippen molar-refractivity contribution in [3.8, 4) is 0 Å². The Morgan fingerprint density at radius 3 is 2.67 bits per heavy atom. The molecule has 2 atom stereocenters. The number of methoxy groups -OCH3 is 1. The van der Waals surface area contributed by atoms with Crippen LogP contribution in [0.2, 0.25) is 0 Å². The van der Waals surface area contributed by atoms with E-state index in [0.717, 1.165) is 0 Å². The Morgan fingerprint density at radius 2 is 2.11 bits per heavy atom. The van der Waals surface area contributed by atoms with Gasteiger partial charge in [0, 0.05) is 11.3 Å². The molecule has 7 heteroatoms. The van der Waals surface area contributed by atoms with Crippen LogP contribution in [0.25, 0.3) is 0 Å². The van der Waals surface area contributed by atoms with Crippen molar-refractivity contribution in [3.63, 3.8) is 0 Å². The molecule has 1 aromatic heterocycles. The standard InChI is InChI=1S/C11H17N3O4/c1-5-6(3-7(12)11(13)14-5)10(17)8(15)4-9(16)18-2/h3,8,10,15,17H,4,12H2,1-2H3,(H2,13,14). The van der Waals surface area contributed by atoms with Gasteiger partial charge in [-0.1, -0.05) is 0 Å². The summed E-state index contributed by atoms with van der Waals surface area (Å²) in [5.74, 6) is -0.457. The summed E-state index contributed by atoms with van der Waals surface area (Å²) in [6, 6.07) is 1.43. The Morgan fingerprint density at radius 1 is 1.50 bits per heavy atom. The lowest BCUT2D eigenvalue weighted by atomic mass is 10.0. The molecule has 0 saturated heterocycles. The lowest BCUT2D eigenvalue weighted by Crippen LogP contribution is -2.23. The van der Waals surface area contributed by atoms with E-state index in [-0.39, 0.29) is 17.9 Å². The molecule has 1 heterocycles. The van der Waals surface area contributed by atoms with Crippen LogP contribution in [0.3, 0.4) is 0 Å². The van der Waals surface area contributed by atoms with Crippen molar-refractivity contribution in [3.05, 3.63) is 17.3 Å². The fraction of sp³-hybridized carbons (Fsp3) is 0.455. The molecule has 0 bridgehead atoms. The number of nitrogens with two attached hydrogens (primary N) is 2. The summed E-state index contributed by atoms with van der Waals surface area (Å²) in [5.41, 5.74) is 12.1. The number of carbonyl (C=O) groups is 1. The van der Waals surface area contributed by atoms with E-state index in [9.17, 15) is 15.0 Å². The van der Waals surface area contributed by atoms with Crippen molar-refractivity contribution >= 4 is 17.5 Å². The summed E-state index contributed by atoms with van der Waals surface area (Å²) in [6.45, 7) is 1.62. The number of ether oxygens (including phenoxy) is 1. The average Bonchev–Trinajstić information content (AvgIpc) is 2.32. The van der Waals surface area contributed by atoms with Crippen LogP contribution in [0.5, 0.6) is 0 Å². The van der Waals surface area contributed by atoms with Gasteiger partial charge in [0.05, 0.1) is 25.3 Å². The Balaban J connectivity index is 2.93. The Bertz CT molecular complexity index is 450. The molecule has 0 aromatic carbocycles. The van der Waals surface area contributed by atoms with E-state index in [0.29, 0.717) is 11.3 Å². The van der Waals surface area contributed by atoms with Gasteiger partial charge in [0.15, 0.2) is 0 Å². The molecule has 2 unspecified atom stereocenters. The second kappa shape index (κ2) is 5.65. The number of hydrogen-bond donors (Lipinski definition) is 4. The molecule has 0 aliphatic rings. The van der Waals surface area contributed by atoms with E-state index >= 15 is 0 Å². The van der Waals surface area contributed by atoms with E-state index in [1.165, 1.54) is 13.2 Å². The zero-order valence-corrected chi connectivity index (χ0v) is 10.3. The first-order chi connectivity index (χ1) is 8.36. The topological polar surface area (TPSA) is 132 Å². The van der Waals surface area contributed by atoms with E-state index in [4.69, 9.17) is 11.5 Å². The van der Waals surface area contributed by atoms with Crippen molar-refractivity contribution < 1.29 is 19.7 Å². The normalized spacial score (nSPS) is 14.0. The largest absolute Gasteiger partial charge is 0.469 e. The zero-order valence-electron chi connectivity index (χ0n) is 10.3. The van der Waals surface area contributed by atoms with Gasteiger partial charge in [-0.2, -0.15) is 0 Å². The Labute approximate surface area is 104 Å². The summed E-state index contributed by atoms with van der Waals surface area (Å²) in [5, 5.41) is 19.6. The minimum absolute atomic E-state index is 0.158. The van der Waals surface area contributed by atoms with Crippen LogP contribution >= 0.6 is 0 Å². The lowest BCUT2D eigenvalue weighted by Gasteiger charge is -2.19. The van der Waals surface area contributed by atoms with Gasteiger partial charge in [0.25, 0.3) is 0 Å². The molecule has 1 rings (SSSR count). The molecule has 0 radical (unpaired) electrons. The van der Waals surface area contributed by atoms with Crippen LogP contribution in [0.4, 0.5) is 11.5 Å². The minimum atomic E-state index is -1.29. The van der Waals surface area contributed by atoms with Crippen LogP contribution in [0, 0.1) is 6.92 Å². The molecule has 0 aliphatic carbocycles. The molecular weight excluding hydrogens is 238 g/mol. The van der Waals surface area contributed by atoms with Crippen molar-refractivity contribution in [2.24, 2.45) is 0 Å². The molecule has 0 amide bonds. The number of rotatable bonds is 4. The van der Waals surface area contributed by atoms with E-state index < -0.39 is 18.2 Å². The van der Waals surface area contributed by atoms with Gasteiger partial charge >= 0.3 is 5.97 Å². The predicted molar refractivity (Wildman–Crippen MR) is 65.4 cm³/mol. The second-order valence-corrected chi connectivity index (χ2v) is 3.93. The number of aliphatic hydroxyl groups excluding tert-OH is 2. The van der Waals surface area contributed by atoms with Crippen molar-refractivity contribution in [1.82, 2.24) is 4.98 Å². The van der Waals surface area contributed by atoms with Gasteiger partial charge in [0.1, 0.15) is 11.9 Å². The molecule has 1 aromatic rings. The van der Waals surface area contributed by atoms with Crippen molar-refractivity contribution in [1.29, 1.82) is 0 Å². The Hall–Kier alpha value is -1.86. The second-order valence-electron chi connectivity index (χ2n) is 3.93. The van der Waals surface area contributed by atoms with Gasteiger partial charge in [-0.05, 0) is 13.0 Å². The number of aryl methyl sites for hydroxylation is 1. The molecule has 18 heavy (non-hydrogen) atoms. The van der Waals surface area contributed by atoms with Crippen molar-refractivity contribution in [2.75, 3.05) is 18.6 Å². The monoisotopic (exact) mass is 255 g/mol. The summed E-state index contributed by atoms with van der Waals surface area (Å²) in [6.07, 6.45) is -2.89. The van der Waals surface area contributed by atoms with E-state index in [2.05, 4.69) is 9.72 Å². The predicted octanol–water partition coefficient (Wildman–Crippen LogP) is -0.488. The van der Waals surface area contributed by atoms with E-state index in [1.54, 1.807) is 6.92 Å². The molecule has 0 aliphatic heterocycles. The maximum Gasteiger partial charge on any atom is 0.308 e. The Kier molecular flexibility index (Phi) is 4.46. The number of carbonyl (C=O) groups excluding carboxylic acids is 1. The summed E-state index contributed by atoms with van der Waals surface area (Å²) in [7, 11) is 1.20. The third kappa shape index (κ3) is 3.08. The first-order valence-corrected chi connectivity index (χ1v) is 5.32. The zero-order chi connectivity index (χ0) is 13.9. The number of aliphatic hydroxyl groups is 2. The van der Waals surface area contributed by atoms with E-state index in [1.807, 2.05) is 0 Å². The number of aromatic nitrogens is 1. The highest BCUT2D eigenvalue weighted by Crippen LogP contribution is 2.25. The number of esters is 1. The average molecular weight is 255 g/mol. The smallest absolute Gasteiger partial charge is 0.308 e. The number of hydrogen-bond acceptors (Lipinski definition) is 7. The van der Waals surface area contributed by atoms with Crippen molar-refractivity contribution in [2.45, 2.75) is 25.6 Å². The highest BCUT2D eigenvalue weighted by atomic mass is 16.5. The quantitative estimate of drug-likeness (QED) is 0.534. The van der Waals surface area contributed by atoms with Crippen LogP contribution in [0.1, 0.15) is 23.8 Å².